The second-order valence-corrected chi connectivity index (χ2v) is 9.39. The van der Waals surface area contributed by atoms with Crippen molar-refractivity contribution in [1.29, 1.82) is 5.41 Å². The van der Waals surface area contributed by atoms with E-state index in [9.17, 15) is 4.79 Å². The van der Waals surface area contributed by atoms with E-state index in [1.165, 1.54) is 7.11 Å². The largest absolute Gasteiger partial charge is 0.453 e. The molecule has 2 aromatic heterocycles. The zero-order valence-electron chi connectivity index (χ0n) is 18.9. The van der Waals surface area contributed by atoms with Crippen molar-refractivity contribution in [3.05, 3.63) is 63.6 Å². The lowest BCUT2D eigenvalue weighted by Crippen LogP contribution is -2.45. The predicted octanol–water partition coefficient (Wildman–Crippen LogP) is 3.17. The highest BCUT2D eigenvalue weighted by Crippen LogP contribution is 2.25. The van der Waals surface area contributed by atoms with E-state index in [-0.39, 0.29) is 23.5 Å². The molecule has 3 aromatic rings. The Morgan fingerprint density at radius 1 is 1.29 bits per heavy atom. The molecule has 34 heavy (non-hydrogen) atoms. The number of carbonyl (C=O) groups is 1. The summed E-state index contributed by atoms with van der Waals surface area (Å²) in [7, 11) is 1.41. The van der Waals surface area contributed by atoms with E-state index in [1.807, 2.05) is 30.6 Å². The van der Waals surface area contributed by atoms with Crippen molar-refractivity contribution in [3.8, 4) is 0 Å². The van der Waals surface area contributed by atoms with Gasteiger partial charge in [-0.05, 0) is 46.5 Å². The third-order valence-electron chi connectivity index (χ3n) is 6.47. The number of nitrogens with one attached hydrogen (secondary N) is 2. The Hall–Kier alpha value is -3.11. The summed E-state index contributed by atoms with van der Waals surface area (Å²) in [5.74, 6) is 0.805. The Morgan fingerprint density at radius 3 is 2.88 bits per heavy atom. The van der Waals surface area contributed by atoms with E-state index in [0.717, 1.165) is 40.8 Å². The monoisotopic (exact) mass is 523 g/mol. The lowest BCUT2D eigenvalue weighted by atomic mass is 9.96. The van der Waals surface area contributed by atoms with Gasteiger partial charge in [0, 0.05) is 55.8 Å². The zero-order valence-corrected chi connectivity index (χ0v) is 20.5. The van der Waals surface area contributed by atoms with Gasteiger partial charge in [0.1, 0.15) is 5.82 Å². The fourth-order valence-corrected chi connectivity index (χ4v) is 4.91. The van der Waals surface area contributed by atoms with Gasteiger partial charge < -0.3 is 15.0 Å². The molecule has 5 rings (SSSR count). The van der Waals surface area contributed by atoms with E-state index in [4.69, 9.17) is 15.1 Å². The van der Waals surface area contributed by atoms with Crippen molar-refractivity contribution in [3.63, 3.8) is 0 Å². The first-order valence-electron chi connectivity index (χ1n) is 11.3. The summed E-state index contributed by atoms with van der Waals surface area (Å²) >= 11 is 3.55. The van der Waals surface area contributed by atoms with Crippen LogP contribution in [0.2, 0.25) is 0 Å². The number of aromatic nitrogens is 3. The van der Waals surface area contributed by atoms with Gasteiger partial charge in [-0.2, -0.15) is 5.10 Å². The molecule has 0 aliphatic carbocycles. The van der Waals surface area contributed by atoms with Gasteiger partial charge in [-0.1, -0.05) is 18.2 Å². The molecule has 0 spiro atoms. The fraction of sp³-hybridized carbons (Fsp3) is 0.375. The second kappa shape index (κ2) is 9.63. The number of halogens is 1. The lowest BCUT2D eigenvalue weighted by molar-refractivity contribution is 0.109. The van der Waals surface area contributed by atoms with Gasteiger partial charge in [0.05, 0.1) is 22.8 Å². The Labute approximate surface area is 205 Å². The van der Waals surface area contributed by atoms with E-state index >= 15 is 0 Å². The average molecular weight is 524 g/mol. The summed E-state index contributed by atoms with van der Waals surface area (Å²) < 4.78 is 7.04. The Bertz CT molecular complexity index is 1310. The molecule has 4 heterocycles. The van der Waals surface area contributed by atoms with Crippen LogP contribution in [0, 0.1) is 5.41 Å². The van der Waals surface area contributed by atoms with Crippen LogP contribution in [0.4, 0.5) is 4.79 Å². The van der Waals surface area contributed by atoms with Crippen molar-refractivity contribution < 1.29 is 9.53 Å². The number of para-hydroxylation sites is 1. The number of benzene rings is 1. The average Bonchev–Trinajstić information content (AvgIpc) is 2.89. The minimum atomic E-state index is -0.273. The number of fused-ring (bicyclic) bond motifs is 2. The van der Waals surface area contributed by atoms with Crippen molar-refractivity contribution in [2.75, 3.05) is 20.2 Å². The van der Waals surface area contributed by atoms with Crippen LogP contribution < -0.4 is 10.8 Å². The smallest absolute Gasteiger partial charge is 0.409 e. The number of nitrogens with zero attached hydrogens (tertiary/aromatic N) is 5. The molecule has 1 amide bonds. The van der Waals surface area contributed by atoms with E-state index < -0.39 is 0 Å². The highest BCUT2D eigenvalue weighted by atomic mass is 79.9. The standard InChI is InChI=1S/C24H26BrN7O2/c1-34-24(33)31-8-6-18(7-9-31)27-14-20-22(25)23(26)32-21(30-20)11-17(13-29-32)16-10-15-4-2-3-5-19(15)28-12-16/h2-5,10,12-13,17-18,26-27H,6-9,11,14H2,1H3. The van der Waals surface area contributed by atoms with Gasteiger partial charge in [0.25, 0.3) is 0 Å². The summed E-state index contributed by atoms with van der Waals surface area (Å²) in [6.45, 7) is 1.87. The minimum absolute atomic E-state index is 0.0497. The van der Waals surface area contributed by atoms with Crippen molar-refractivity contribution in [2.45, 2.75) is 37.8 Å². The van der Waals surface area contributed by atoms with Crippen LogP contribution in [-0.2, 0) is 17.7 Å². The topological polar surface area (TPSA) is 108 Å². The molecule has 1 saturated heterocycles. The van der Waals surface area contributed by atoms with E-state index in [2.05, 4.69) is 43.5 Å². The first-order valence-corrected chi connectivity index (χ1v) is 12.1. The maximum absolute atomic E-state index is 11.7. The molecular formula is C24H26BrN7O2. The molecule has 2 N–H and O–H groups in total. The molecule has 0 bridgehead atoms. The van der Waals surface area contributed by atoms with Gasteiger partial charge in [-0.15, -0.1) is 0 Å². The SMILES string of the molecule is COC(=O)N1CCC(NCc2nc3n(c(=N)c2Br)N=CC(c2cnc4ccccc4c2)C3)CC1. The van der Waals surface area contributed by atoms with E-state index in [1.54, 1.807) is 9.58 Å². The first kappa shape index (κ1) is 22.7. The lowest BCUT2D eigenvalue weighted by Gasteiger charge is -2.31. The molecule has 176 valence electrons. The molecular weight excluding hydrogens is 498 g/mol. The molecule has 1 atom stereocenters. The highest BCUT2D eigenvalue weighted by molar-refractivity contribution is 9.10. The van der Waals surface area contributed by atoms with Crippen molar-refractivity contribution in [1.82, 2.24) is 24.9 Å². The van der Waals surface area contributed by atoms with Crippen LogP contribution in [0.25, 0.3) is 10.9 Å². The summed E-state index contributed by atoms with van der Waals surface area (Å²) in [6.07, 6.45) is 5.84. The van der Waals surface area contributed by atoms with Gasteiger partial charge >= 0.3 is 6.09 Å². The van der Waals surface area contributed by atoms with Crippen LogP contribution in [0.5, 0.6) is 0 Å². The van der Waals surface area contributed by atoms with Crippen molar-refractivity contribution >= 4 is 39.1 Å². The summed E-state index contributed by atoms with van der Waals surface area (Å²) in [5.41, 5.74) is 3.13. The zero-order chi connectivity index (χ0) is 23.7. The summed E-state index contributed by atoms with van der Waals surface area (Å²) in [5, 5.41) is 17.7. The van der Waals surface area contributed by atoms with Gasteiger partial charge in [0.15, 0.2) is 5.49 Å². The summed E-state index contributed by atoms with van der Waals surface area (Å²) in [6, 6.07) is 10.5. The number of carbonyl (C=O) groups excluding carboxylic acids is 1. The van der Waals surface area contributed by atoms with Crippen molar-refractivity contribution in [2.24, 2.45) is 5.10 Å². The summed E-state index contributed by atoms with van der Waals surface area (Å²) in [4.78, 5) is 22.9. The number of methoxy groups -OCH3 is 1. The van der Waals surface area contributed by atoms with Gasteiger partial charge in [-0.3, -0.25) is 10.4 Å². The Morgan fingerprint density at radius 2 is 2.09 bits per heavy atom. The number of hydrogen-bond donors (Lipinski definition) is 2. The quantitative estimate of drug-likeness (QED) is 0.545. The Balaban J connectivity index is 1.31. The predicted molar refractivity (Wildman–Crippen MR) is 132 cm³/mol. The maximum Gasteiger partial charge on any atom is 0.409 e. The molecule has 0 radical (unpaired) electrons. The first-order chi connectivity index (χ1) is 16.5. The molecule has 0 saturated carbocycles. The molecule has 1 unspecified atom stereocenters. The van der Waals surface area contributed by atoms with E-state index in [0.29, 0.717) is 30.5 Å². The minimum Gasteiger partial charge on any atom is -0.453 e. The second-order valence-electron chi connectivity index (χ2n) is 8.60. The Kier molecular flexibility index (Phi) is 6.42. The molecule has 10 heteroatoms. The van der Waals surface area contributed by atoms with Crippen LogP contribution in [0.1, 0.15) is 35.8 Å². The fourth-order valence-electron chi connectivity index (χ4n) is 4.51. The number of pyridine rings is 1. The third-order valence-corrected chi connectivity index (χ3v) is 7.31. The third kappa shape index (κ3) is 4.47. The number of piperidine rings is 1. The number of ether oxygens (including phenoxy) is 1. The highest BCUT2D eigenvalue weighted by Gasteiger charge is 2.25. The van der Waals surface area contributed by atoms with Crippen LogP contribution >= 0.6 is 15.9 Å². The molecule has 2 aliphatic heterocycles. The van der Waals surface area contributed by atoms with Gasteiger partial charge in [-0.25, -0.2) is 14.5 Å². The molecule has 1 aromatic carbocycles. The van der Waals surface area contributed by atoms with Crippen LogP contribution in [0.15, 0.2) is 46.1 Å². The van der Waals surface area contributed by atoms with Crippen LogP contribution in [-0.4, -0.2) is 58.1 Å². The molecule has 1 fully saturated rings. The van der Waals surface area contributed by atoms with Gasteiger partial charge in [0.2, 0.25) is 0 Å². The number of likely N-dealkylation sites (tertiary alicyclic amines) is 1. The number of amides is 1. The number of rotatable bonds is 4. The normalized spacial score (nSPS) is 18.2. The number of hydrogen-bond acceptors (Lipinski definition) is 7. The maximum atomic E-state index is 11.7. The molecule has 9 nitrogen and oxygen atoms in total. The molecule has 2 aliphatic rings. The van der Waals surface area contributed by atoms with Crippen LogP contribution in [0.3, 0.4) is 0 Å².